The number of anilines is 1. The Hall–Kier alpha value is -3.85. The number of carbonyl (C=O) groups is 2. The van der Waals surface area contributed by atoms with Gasteiger partial charge in [0.15, 0.2) is 0 Å². The van der Waals surface area contributed by atoms with Crippen molar-refractivity contribution in [1.82, 2.24) is 10.2 Å². The van der Waals surface area contributed by atoms with E-state index in [1.807, 2.05) is 45.0 Å². The maximum absolute atomic E-state index is 13.9. The Kier molecular flexibility index (Phi) is 11.1. The Morgan fingerprint density at radius 3 is 2.17 bits per heavy atom. The number of unbranched alkanes of at least 4 members (excludes halogenated alkanes) is 1. The van der Waals surface area contributed by atoms with E-state index in [0.29, 0.717) is 24.6 Å². The fourth-order valence-electron chi connectivity index (χ4n) is 4.13. The molecule has 0 saturated heterocycles. The number of hydrogen-bond donors (Lipinski definition) is 1. The van der Waals surface area contributed by atoms with Gasteiger partial charge in [-0.25, -0.2) is 8.42 Å². The van der Waals surface area contributed by atoms with Crippen LogP contribution in [0.25, 0.3) is 0 Å². The van der Waals surface area contributed by atoms with E-state index < -0.39 is 28.5 Å². The van der Waals surface area contributed by atoms with E-state index in [-0.39, 0.29) is 17.3 Å². The van der Waals surface area contributed by atoms with Gasteiger partial charge in [-0.15, -0.1) is 0 Å². The summed E-state index contributed by atoms with van der Waals surface area (Å²) in [6.07, 6.45) is 1.75. The van der Waals surface area contributed by atoms with Crippen molar-refractivity contribution in [2.24, 2.45) is 0 Å². The van der Waals surface area contributed by atoms with E-state index >= 15 is 0 Å². The number of amides is 2. The van der Waals surface area contributed by atoms with Crippen LogP contribution in [0.3, 0.4) is 0 Å². The molecule has 2 amide bonds. The molecule has 3 aromatic carbocycles. The highest BCUT2D eigenvalue weighted by Gasteiger charge is 2.32. The van der Waals surface area contributed by atoms with Crippen molar-refractivity contribution >= 4 is 27.5 Å². The van der Waals surface area contributed by atoms with E-state index in [9.17, 15) is 18.0 Å². The van der Waals surface area contributed by atoms with Crippen LogP contribution in [0.4, 0.5) is 5.69 Å². The van der Waals surface area contributed by atoms with Crippen molar-refractivity contribution in [3.05, 3.63) is 90.0 Å². The zero-order chi connectivity index (χ0) is 29.1. The number of benzene rings is 3. The lowest BCUT2D eigenvalue weighted by Crippen LogP contribution is -2.51. The van der Waals surface area contributed by atoms with Crippen molar-refractivity contribution in [1.29, 1.82) is 0 Å². The first-order valence-corrected chi connectivity index (χ1v) is 15.0. The second kappa shape index (κ2) is 14.5. The molecule has 1 atom stereocenters. The Morgan fingerprint density at radius 2 is 1.57 bits per heavy atom. The SMILES string of the molecule is CCCCNC(=O)[C@H](C)N(Cc1ccc(C)cc1)C(=O)CN(c1ccc(OCC)cc1)S(=O)(=O)c1ccccc1. The highest BCUT2D eigenvalue weighted by atomic mass is 32.2. The average Bonchev–Trinajstić information content (AvgIpc) is 2.96. The molecule has 0 aliphatic heterocycles. The van der Waals surface area contributed by atoms with Crippen molar-refractivity contribution in [2.75, 3.05) is 24.0 Å². The van der Waals surface area contributed by atoms with Crippen LogP contribution in [0, 0.1) is 6.92 Å². The van der Waals surface area contributed by atoms with E-state index in [1.54, 1.807) is 49.4 Å². The fraction of sp³-hybridized carbons (Fsp3) is 0.355. The summed E-state index contributed by atoms with van der Waals surface area (Å²) in [5.74, 6) is -0.187. The quantitative estimate of drug-likeness (QED) is 0.280. The van der Waals surface area contributed by atoms with Gasteiger partial charge in [-0.05, 0) is 69.2 Å². The van der Waals surface area contributed by atoms with Crippen molar-refractivity contribution in [3.8, 4) is 5.75 Å². The van der Waals surface area contributed by atoms with Gasteiger partial charge in [0, 0.05) is 13.1 Å². The maximum Gasteiger partial charge on any atom is 0.264 e. The molecule has 3 aromatic rings. The lowest BCUT2D eigenvalue weighted by molar-refractivity contribution is -0.139. The van der Waals surface area contributed by atoms with E-state index in [4.69, 9.17) is 4.74 Å². The van der Waals surface area contributed by atoms with E-state index in [0.717, 1.165) is 28.3 Å². The fourth-order valence-corrected chi connectivity index (χ4v) is 5.57. The topological polar surface area (TPSA) is 96.0 Å². The van der Waals surface area contributed by atoms with Gasteiger partial charge in [-0.1, -0.05) is 61.4 Å². The highest BCUT2D eigenvalue weighted by molar-refractivity contribution is 7.92. The molecule has 0 bridgehead atoms. The molecule has 0 aliphatic carbocycles. The van der Waals surface area contributed by atoms with Gasteiger partial charge in [0.05, 0.1) is 17.2 Å². The first-order valence-electron chi connectivity index (χ1n) is 13.6. The normalized spacial score (nSPS) is 11.9. The Bertz CT molecular complexity index is 1340. The zero-order valence-corrected chi connectivity index (χ0v) is 24.5. The van der Waals surface area contributed by atoms with Gasteiger partial charge >= 0.3 is 0 Å². The Morgan fingerprint density at radius 1 is 0.925 bits per heavy atom. The molecule has 214 valence electrons. The molecule has 0 unspecified atom stereocenters. The number of rotatable bonds is 14. The molecule has 0 saturated carbocycles. The van der Waals surface area contributed by atoms with Crippen LogP contribution < -0.4 is 14.4 Å². The lowest BCUT2D eigenvalue weighted by Gasteiger charge is -2.32. The van der Waals surface area contributed by atoms with Crippen LogP contribution in [0.5, 0.6) is 5.75 Å². The minimum absolute atomic E-state index is 0.0622. The molecule has 1 N–H and O–H groups in total. The molecule has 8 nitrogen and oxygen atoms in total. The lowest BCUT2D eigenvalue weighted by atomic mass is 10.1. The third kappa shape index (κ3) is 8.08. The second-order valence-electron chi connectivity index (χ2n) is 9.58. The molecule has 0 aliphatic rings. The summed E-state index contributed by atoms with van der Waals surface area (Å²) in [5, 5.41) is 2.89. The van der Waals surface area contributed by atoms with Crippen LogP contribution in [0.15, 0.2) is 83.8 Å². The van der Waals surface area contributed by atoms with Crippen molar-refractivity contribution < 1.29 is 22.7 Å². The number of ether oxygens (including phenoxy) is 1. The first-order chi connectivity index (χ1) is 19.2. The van der Waals surface area contributed by atoms with Crippen LogP contribution in [-0.2, 0) is 26.2 Å². The molecule has 0 radical (unpaired) electrons. The molecule has 0 aromatic heterocycles. The molecule has 40 heavy (non-hydrogen) atoms. The molecule has 3 rings (SSSR count). The van der Waals surface area contributed by atoms with E-state index in [1.165, 1.54) is 17.0 Å². The van der Waals surface area contributed by atoms with Gasteiger partial charge in [0.1, 0.15) is 18.3 Å². The number of carbonyl (C=O) groups excluding carboxylic acids is 2. The highest BCUT2D eigenvalue weighted by Crippen LogP contribution is 2.26. The van der Waals surface area contributed by atoms with Crippen molar-refractivity contribution in [3.63, 3.8) is 0 Å². The smallest absolute Gasteiger partial charge is 0.264 e. The third-order valence-corrected chi connectivity index (χ3v) is 8.30. The molecular formula is C31H39N3O5S. The van der Waals surface area contributed by atoms with Gasteiger partial charge in [0.25, 0.3) is 10.0 Å². The Labute approximate surface area is 238 Å². The zero-order valence-electron chi connectivity index (χ0n) is 23.7. The molecule has 9 heteroatoms. The van der Waals surface area contributed by atoms with Crippen LogP contribution in [0.1, 0.15) is 44.7 Å². The third-order valence-electron chi connectivity index (χ3n) is 6.52. The van der Waals surface area contributed by atoms with Gasteiger partial charge in [-0.3, -0.25) is 13.9 Å². The van der Waals surface area contributed by atoms with Gasteiger partial charge in [0.2, 0.25) is 11.8 Å². The average molecular weight is 566 g/mol. The first kappa shape index (κ1) is 30.7. The monoisotopic (exact) mass is 565 g/mol. The number of sulfonamides is 1. The Balaban J connectivity index is 1.98. The summed E-state index contributed by atoms with van der Waals surface area (Å²) in [4.78, 5) is 28.5. The van der Waals surface area contributed by atoms with Gasteiger partial charge < -0.3 is 15.0 Å². The minimum atomic E-state index is -4.11. The standard InChI is InChI=1S/C31H39N3O5S/c1-5-7-21-32-31(36)25(4)33(22-26-15-13-24(3)14-16-26)30(35)23-34(27-17-19-28(20-18-27)39-6-2)40(37,38)29-11-9-8-10-12-29/h8-20,25H,5-7,21-23H2,1-4H3,(H,32,36)/t25-/m0/s1. The second-order valence-corrected chi connectivity index (χ2v) is 11.4. The number of hydrogen-bond acceptors (Lipinski definition) is 5. The molecule has 0 spiro atoms. The van der Waals surface area contributed by atoms with Crippen molar-refractivity contribution in [2.45, 2.75) is 58.0 Å². The summed E-state index contributed by atoms with van der Waals surface area (Å²) in [6, 6.07) is 21.4. The van der Waals surface area contributed by atoms with Gasteiger partial charge in [-0.2, -0.15) is 0 Å². The number of nitrogens with zero attached hydrogens (tertiary/aromatic N) is 2. The molecular weight excluding hydrogens is 526 g/mol. The van der Waals surface area contributed by atoms with E-state index in [2.05, 4.69) is 5.32 Å². The summed E-state index contributed by atoms with van der Waals surface area (Å²) < 4.78 is 34.2. The number of aryl methyl sites for hydroxylation is 1. The predicted octanol–water partition coefficient (Wildman–Crippen LogP) is 4.92. The van der Waals surface area contributed by atoms with Crippen LogP contribution >= 0.6 is 0 Å². The summed E-state index contributed by atoms with van der Waals surface area (Å²) in [7, 11) is -4.11. The number of nitrogens with one attached hydrogen (secondary N) is 1. The molecule has 0 fully saturated rings. The van der Waals surface area contributed by atoms with Crippen LogP contribution in [0.2, 0.25) is 0 Å². The molecule has 0 heterocycles. The summed E-state index contributed by atoms with van der Waals surface area (Å²) in [6.45, 7) is 8.18. The van der Waals surface area contributed by atoms with Crippen LogP contribution in [-0.4, -0.2) is 50.9 Å². The summed E-state index contributed by atoms with van der Waals surface area (Å²) >= 11 is 0. The maximum atomic E-state index is 13.9. The minimum Gasteiger partial charge on any atom is -0.494 e. The summed E-state index contributed by atoms with van der Waals surface area (Å²) in [5.41, 5.74) is 2.23. The largest absolute Gasteiger partial charge is 0.494 e. The predicted molar refractivity (Wildman–Crippen MR) is 158 cm³/mol.